The van der Waals surface area contributed by atoms with Gasteiger partial charge in [0.1, 0.15) is 12.1 Å². The van der Waals surface area contributed by atoms with Crippen LogP contribution in [0.5, 0.6) is 0 Å². The van der Waals surface area contributed by atoms with Crippen molar-refractivity contribution < 1.29 is 34.4 Å². The molecule has 5 rings (SSSR count). The quantitative estimate of drug-likeness (QED) is 0.0808. The molecule has 0 atom stereocenters. The Morgan fingerprint density at radius 2 is 1.53 bits per heavy atom. The van der Waals surface area contributed by atoms with Gasteiger partial charge >= 0.3 is 0 Å². The van der Waals surface area contributed by atoms with Crippen LogP contribution in [-0.4, -0.2) is 25.8 Å². The van der Waals surface area contributed by atoms with E-state index in [1.165, 1.54) is 22.6 Å². The van der Waals surface area contributed by atoms with Crippen molar-refractivity contribution >= 4 is 27.5 Å². The number of ketones is 1. The Morgan fingerprint density at radius 3 is 2.14 bits per heavy atom. The van der Waals surface area contributed by atoms with Gasteiger partial charge in [0, 0.05) is 59.9 Å². The standard InChI is InChI=1S/C29H28N3O.C15H28O2.Ir/c1-18(2)10-21-16-33-27-15-30-14-23(28(21)27)26-13-25(31-17-32-26)20-11-19-8-6-7-9-22(19)24(12-20)29(3,4)5;1-7-14(5,8-2)12(16)11-13(17)15(6,9-3)10-4;/h6-9,12-18H,10H2,1-5H3;11,16H,7-10H2,1-6H3;/q-1;;/b;12-11-;. The third-order valence-electron chi connectivity index (χ3n) is 10.6. The third kappa shape index (κ3) is 9.42. The van der Waals surface area contributed by atoms with Gasteiger partial charge in [-0.3, -0.25) is 14.8 Å². The molecule has 0 aliphatic carbocycles. The topological polar surface area (TPSA) is 89.1 Å². The summed E-state index contributed by atoms with van der Waals surface area (Å²) in [6.45, 7) is 23.2. The molecule has 0 spiro atoms. The van der Waals surface area contributed by atoms with E-state index in [2.05, 4.69) is 86.0 Å². The van der Waals surface area contributed by atoms with Crippen molar-refractivity contribution in [3.63, 3.8) is 0 Å². The van der Waals surface area contributed by atoms with Crippen LogP contribution in [0.1, 0.15) is 113 Å². The number of hydrogen-bond acceptors (Lipinski definition) is 6. The molecule has 7 heteroatoms. The number of furan rings is 1. The number of aromatic nitrogens is 3. The number of fused-ring (bicyclic) bond motifs is 2. The molecule has 0 unspecified atom stereocenters. The van der Waals surface area contributed by atoms with Crippen molar-refractivity contribution in [2.45, 2.75) is 114 Å². The first-order valence-corrected chi connectivity index (χ1v) is 18.2. The number of aliphatic hydroxyl groups is 1. The van der Waals surface area contributed by atoms with Crippen LogP contribution < -0.4 is 0 Å². The minimum absolute atomic E-state index is 0. The number of rotatable bonds is 11. The summed E-state index contributed by atoms with van der Waals surface area (Å²) in [6.07, 6.45) is 12.8. The number of hydrogen-bond donors (Lipinski definition) is 1. The van der Waals surface area contributed by atoms with Crippen LogP contribution in [0, 0.1) is 22.8 Å². The number of carbonyl (C=O) groups is 1. The molecule has 1 N–H and O–H groups in total. The number of aliphatic hydroxyl groups excluding tert-OH is 1. The largest absolute Gasteiger partial charge is 0.512 e. The maximum absolute atomic E-state index is 12.2. The molecule has 0 saturated heterocycles. The fourth-order valence-corrected chi connectivity index (χ4v) is 6.16. The molecule has 0 saturated carbocycles. The van der Waals surface area contributed by atoms with Gasteiger partial charge in [0.15, 0.2) is 11.4 Å². The molecule has 5 aromatic rings. The Bertz CT molecular complexity index is 1960. The first-order chi connectivity index (χ1) is 23.6. The Kier molecular flexibility index (Phi) is 14.1. The first-order valence-electron chi connectivity index (χ1n) is 18.2. The maximum Gasteiger partial charge on any atom is 0.164 e. The molecule has 0 aliphatic rings. The van der Waals surface area contributed by atoms with E-state index in [4.69, 9.17) is 4.42 Å². The van der Waals surface area contributed by atoms with Crippen molar-refractivity contribution in [2.75, 3.05) is 0 Å². The van der Waals surface area contributed by atoms with E-state index in [1.54, 1.807) is 12.5 Å². The second kappa shape index (κ2) is 17.2. The Labute approximate surface area is 319 Å². The molecular weight excluding hydrogens is 811 g/mol. The van der Waals surface area contributed by atoms with Crippen LogP contribution in [0.15, 0.2) is 77.6 Å². The van der Waals surface area contributed by atoms with Crippen molar-refractivity contribution in [2.24, 2.45) is 16.7 Å². The van der Waals surface area contributed by atoms with E-state index in [9.17, 15) is 9.90 Å². The molecule has 2 aromatic carbocycles. The minimum atomic E-state index is -0.337. The first kappa shape index (κ1) is 41.7. The zero-order valence-corrected chi connectivity index (χ0v) is 34.8. The molecule has 0 bridgehead atoms. The Hall–Kier alpha value is -3.67. The van der Waals surface area contributed by atoms with Crippen LogP contribution in [0.2, 0.25) is 0 Å². The summed E-state index contributed by atoms with van der Waals surface area (Å²) >= 11 is 0. The number of allylic oxidation sites excluding steroid dienone is 2. The zero-order chi connectivity index (χ0) is 36.9. The molecule has 0 aliphatic heterocycles. The van der Waals surface area contributed by atoms with Crippen LogP contribution in [-0.2, 0) is 36.7 Å². The SMILES string of the molecule is CC(C)Cc1coc2cncc(-c3cc(-c4[c-]c5ccccc5c(C(C)(C)C)c4)ncn3)c12.CCC(C)(CC)C(=O)/C=C(\O)C(C)(CC)CC.[Ir]. The smallest absolute Gasteiger partial charge is 0.164 e. The molecule has 51 heavy (non-hydrogen) atoms. The summed E-state index contributed by atoms with van der Waals surface area (Å²) < 4.78 is 5.82. The second-order valence-electron chi connectivity index (χ2n) is 15.5. The van der Waals surface area contributed by atoms with E-state index in [-0.39, 0.29) is 47.9 Å². The van der Waals surface area contributed by atoms with E-state index < -0.39 is 0 Å². The van der Waals surface area contributed by atoms with Crippen LogP contribution >= 0.6 is 0 Å². The van der Waals surface area contributed by atoms with Gasteiger partial charge in [-0.1, -0.05) is 105 Å². The van der Waals surface area contributed by atoms with Gasteiger partial charge in [0.25, 0.3) is 0 Å². The van der Waals surface area contributed by atoms with Gasteiger partial charge < -0.3 is 9.52 Å². The van der Waals surface area contributed by atoms with E-state index in [0.717, 1.165) is 71.0 Å². The Balaban J connectivity index is 0.000000335. The predicted molar refractivity (Wildman–Crippen MR) is 207 cm³/mol. The van der Waals surface area contributed by atoms with Gasteiger partial charge in [-0.05, 0) is 55.1 Å². The molecule has 1 radical (unpaired) electrons. The fourth-order valence-electron chi connectivity index (χ4n) is 6.16. The van der Waals surface area contributed by atoms with E-state index in [1.807, 2.05) is 60.1 Å². The number of carbonyl (C=O) groups excluding carboxylic acids is 1. The average Bonchev–Trinajstić information content (AvgIpc) is 3.52. The number of nitrogens with zero attached hydrogens (tertiary/aromatic N) is 3. The molecule has 0 amide bonds. The summed E-state index contributed by atoms with van der Waals surface area (Å²) in [4.78, 5) is 25.8. The van der Waals surface area contributed by atoms with Gasteiger partial charge in [-0.15, -0.1) is 29.1 Å². The van der Waals surface area contributed by atoms with E-state index >= 15 is 0 Å². The molecular formula is C44H56IrN3O3-. The van der Waals surface area contributed by atoms with Crippen LogP contribution in [0.4, 0.5) is 0 Å². The predicted octanol–water partition coefficient (Wildman–Crippen LogP) is 12.0. The monoisotopic (exact) mass is 867 g/mol. The minimum Gasteiger partial charge on any atom is -0.512 e. The summed E-state index contributed by atoms with van der Waals surface area (Å²) in [6, 6.07) is 16.3. The van der Waals surface area contributed by atoms with E-state index in [0.29, 0.717) is 5.92 Å². The van der Waals surface area contributed by atoms with Gasteiger partial charge in [0.2, 0.25) is 0 Å². The molecule has 3 heterocycles. The second-order valence-corrected chi connectivity index (χ2v) is 15.5. The van der Waals surface area contributed by atoms with Crippen molar-refractivity contribution in [1.29, 1.82) is 0 Å². The maximum atomic E-state index is 12.2. The molecule has 6 nitrogen and oxygen atoms in total. The van der Waals surface area contributed by atoms with Gasteiger partial charge in [0.05, 0.1) is 18.2 Å². The third-order valence-corrected chi connectivity index (χ3v) is 10.6. The number of benzene rings is 2. The van der Waals surface area contributed by atoms with Gasteiger partial charge in [-0.2, -0.15) is 0 Å². The van der Waals surface area contributed by atoms with Crippen LogP contribution in [0.25, 0.3) is 44.3 Å². The summed E-state index contributed by atoms with van der Waals surface area (Å²) in [5.41, 5.74) is 6.27. The number of pyridine rings is 1. The average molecular weight is 867 g/mol. The van der Waals surface area contributed by atoms with Crippen molar-refractivity contribution in [1.82, 2.24) is 15.0 Å². The van der Waals surface area contributed by atoms with Gasteiger partial charge in [-0.25, -0.2) is 4.98 Å². The zero-order valence-electron chi connectivity index (χ0n) is 32.4. The van der Waals surface area contributed by atoms with Crippen LogP contribution in [0.3, 0.4) is 0 Å². The Morgan fingerprint density at radius 1 is 0.902 bits per heavy atom. The molecule has 3 aromatic heterocycles. The fraction of sp³-hybridized carbons (Fsp3) is 0.455. The van der Waals surface area contributed by atoms with Crippen molar-refractivity contribution in [3.8, 4) is 22.5 Å². The normalized spacial score (nSPS) is 12.5. The molecule has 0 fully saturated rings. The molecule has 275 valence electrons. The summed E-state index contributed by atoms with van der Waals surface area (Å²) in [5, 5.41) is 13.5. The summed E-state index contributed by atoms with van der Waals surface area (Å²) in [7, 11) is 0. The summed E-state index contributed by atoms with van der Waals surface area (Å²) in [5.74, 6) is 0.810. The van der Waals surface area contributed by atoms with Crippen molar-refractivity contribution in [3.05, 3.63) is 90.4 Å².